The van der Waals surface area contributed by atoms with Crippen LogP contribution in [0.25, 0.3) is 0 Å². The fourth-order valence-electron chi connectivity index (χ4n) is 2.01. The molecule has 1 rings (SSSR count). The summed E-state index contributed by atoms with van der Waals surface area (Å²) in [5, 5.41) is 8.97. The van der Waals surface area contributed by atoms with Crippen LogP contribution in [0, 0.1) is 0 Å². The second kappa shape index (κ2) is 9.13. The van der Waals surface area contributed by atoms with E-state index in [2.05, 4.69) is 6.92 Å². The highest BCUT2D eigenvalue weighted by atomic mass is 16.5. The molecule has 21 heavy (non-hydrogen) atoms. The highest BCUT2D eigenvalue weighted by Gasteiger charge is 2.14. The number of rotatable bonds is 9. The third-order valence-corrected chi connectivity index (χ3v) is 3.23. The number of unbranched alkanes of at least 4 members (excludes halogenated alkanes) is 1. The molecule has 5 nitrogen and oxygen atoms in total. The van der Waals surface area contributed by atoms with Gasteiger partial charge in [0.1, 0.15) is 0 Å². The molecule has 1 aromatic rings. The first kappa shape index (κ1) is 17.2. The van der Waals surface area contributed by atoms with E-state index in [9.17, 15) is 9.59 Å². The van der Waals surface area contributed by atoms with Crippen LogP contribution >= 0.6 is 0 Å². The zero-order valence-corrected chi connectivity index (χ0v) is 12.7. The molecule has 1 amide bonds. The molecule has 0 atom stereocenters. The van der Waals surface area contributed by atoms with Crippen LogP contribution in [0.2, 0.25) is 0 Å². The maximum absolute atomic E-state index is 12.3. The van der Waals surface area contributed by atoms with Gasteiger partial charge in [0, 0.05) is 20.2 Å². The lowest BCUT2D eigenvalue weighted by molar-refractivity contribution is -0.131. The number of ether oxygens (including phenoxy) is 1. The Kier molecular flexibility index (Phi) is 7.46. The van der Waals surface area contributed by atoms with Crippen LogP contribution in [0.1, 0.15) is 35.7 Å². The number of amides is 1. The fraction of sp³-hybridized carbons (Fsp3) is 0.500. The highest BCUT2D eigenvalue weighted by Crippen LogP contribution is 2.08. The molecule has 0 saturated carbocycles. The zero-order chi connectivity index (χ0) is 15.7. The average molecular weight is 293 g/mol. The van der Waals surface area contributed by atoms with Crippen molar-refractivity contribution in [2.45, 2.75) is 26.2 Å². The van der Waals surface area contributed by atoms with Crippen LogP contribution in [0.5, 0.6) is 0 Å². The molecule has 0 fully saturated rings. The van der Waals surface area contributed by atoms with Crippen LogP contribution in [0.4, 0.5) is 0 Å². The number of benzene rings is 1. The second-order valence-electron chi connectivity index (χ2n) is 4.91. The van der Waals surface area contributed by atoms with Crippen molar-refractivity contribution in [3.8, 4) is 0 Å². The summed E-state index contributed by atoms with van der Waals surface area (Å²) in [4.78, 5) is 25.1. The van der Waals surface area contributed by atoms with Gasteiger partial charge >= 0.3 is 5.97 Å². The first-order valence-corrected chi connectivity index (χ1v) is 7.17. The van der Waals surface area contributed by atoms with Crippen molar-refractivity contribution in [2.24, 2.45) is 0 Å². The van der Waals surface area contributed by atoms with Crippen LogP contribution < -0.4 is 0 Å². The summed E-state index contributed by atoms with van der Waals surface area (Å²) in [6.07, 6.45) is 2.18. The first-order valence-electron chi connectivity index (χ1n) is 7.17. The van der Waals surface area contributed by atoms with E-state index < -0.39 is 5.97 Å². The van der Waals surface area contributed by atoms with Gasteiger partial charge in [0.15, 0.2) is 0 Å². The Balaban J connectivity index is 2.70. The van der Waals surface area contributed by atoms with E-state index in [1.165, 1.54) is 6.07 Å². The van der Waals surface area contributed by atoms with E-state index in [-0.39, 0.29) is 17.9 Å². The molecule has 0 aromatic heterocycles. The number of carboxylic acids is 1. The molecule has 1 N–H and O–H groups in total. The molecular weight excluding hydrogens is 270 g/mol. The summed E-state index contributed by atoms with van der Waals surface area (Å²) >= 11 is 0. The summed E-state index contributed by atoms with van der Waals surface area (Å²) < 4.78 is 5.03. The molecule has 0 spiro atoms. The van der Waals surface area contributed by atoms with Crippen LogP contribution in [0.15, 0.2) is 24.3 Å². The molecule has 0 aliphatic heterocycles. The minimum atomic E-state index is -0.980. The Morgan fingerprint density at radius 3 is 2.67 bits per heavy atom. The molecule has 0 unspecified atom stereocenters. The summed E-state index contributed by atoms with van der Waals surface area (Å²) in [6.45, 7) is 3.85. The van der Waals surface area contributed by atoms with Gasteiger partial charge in [-0.05, 0) is 24.1 Å². The molecule has 5 heteroatoms. The van der Waals surface area contributed by atoms with Crippen molar-refractivity contribution >= 4 is 11.9 Å². The largest absolute Gasteiger partial charge is 0.478 e. The Morgan fingerprint density at radius 1 is 1.29 bits per heavy atom. The lowest BCUT2D eigenvalue weighted by atomic mass is 10.1. The maximum Gasteiger partial charge on any atom is 0.335 e. The lowest BCUT2D eigenvalue weighted by Crippen LogP contribution is -2.35. The standard InChI is InChI=1S/C16H23NO4/c1-3-4-8-17(9-10-21-2)15(18)12-13-6-5-7-14(11-13)16(19)20/h5-7,11H,3-4,8-10,12H2,1-2H3,(H,19,20). The van der Waals surface area contributed by atoms with Crippen molar-refractivity contribution < 1.29 is 19.4 Å². The van der Waals surface area contributed by atoms with Crippen LogP contribution in [0.3, 0.4) is 0 Å². The highest BCUT2D eigenvalue weighted by molar-refractivity contribution is 5.88. The van der Waals surface area contributed by atoms with Gasteiger partial charge in [-0.15, -0.1) is 0 Å². The SMILES string of the molecule is CCCCN(CCOC)C(=O)Cc1cccc(C(=O)O)c1. The quantitative estimate of drug-likeness (QED) is 0.758. The monoisotopic (exact) mass is 293 g/mol. The van der Waals surface area contributed by atoms with Gasteiger partial charge < -0.3 is 14.7 Å². The van der Waals surface area contributed by atoms with E-state index in [0.29, 0.717) is 19.7 Å². The molecule has 0 radical (unpaired) electrons. The molecule has 0 aliphatic rings. The van der Waals surface area contributed by atoms with Gasteiger partial charge in [0.05, 0.1) is 18.6 Å². The number of hydrogen-bond acceptors (Lipinski definition) is 3. The van der Waals surface area contributed by atoms with Crippen molar-refractivity contribution in [1.29, 1.82) is 0 Å². The number of nitrogens with zero attached hydrogens (tertiary/aromatic N) is 1. The van der Waals surface area contributed by atoms with Crippen LogP contribution in [-0.4, -0.2) is 48.7 Å². The first-order chi connectivity index (χ1) is 10.1. The third-order valence-electron chi connectivity index (χ3n) is 3.23. The Morgan fingerprint density at radius 2 is 2.05 bits per heavy atom. The average Bonchev–Trinajstić information content (AvgIpc) is 2.47. The number of carboxylic acid groups (broad SMARTS) is 1. The minimum absolute atomic E-state index is 0.00281. The smallest absolute Gasteiger partial charge is 0.335 e. The number of hydrogen-bond donors (Lipinski definition) is 1. The zero-order valence-electron chi connectivity index (χ0n) is 12.7. The van der Waals surface area contributed by atoms with Gasteiger partial charge in [-0.3, -0.25) is 4.79 Å². The Hall–Kier alpha value is -1.88. The van der Waals surface area contributed by atoms with Crippen molar-refractivity contribution in [2.75, 3.05) is 26.8 Å². The van der Waals surface area contributed by atoms with Gasteiger partial charge in [-0.2, -0.15) is 0 Å². The summed E-state index contributed by atoms with van der Waals surface area (Å²) in [5.74, 6) is -0.977. The number of carbonyl (C=O) groups is 2. The van der Waals surface area contributed by atoms with Gasteiger partial charge in [-0.25, -0.2) is 4.79 Å². The second-order valence-corrected chi connectivity index (χ2v) is 4.91. The molecule has 0 heterocycles. The summed E-state index contributed by atoms with van der Waals surface area (Å²) in [7, 11) is 1.61. The van der Waals surface area contributed by atoms with Crippen molar-refractivity contribution in [3.05, 3.63) is 35.4 Å². The molecular formula is C16H23NO4. The normalized spacial score (nSPS) is 10.4. The summed E-state index contributed by atoms with van der Waals surface area (Å²) in [6, 6.07) is 6.51. The predicted molar refractivity (Wildman–Crippen MR) is 80.5 cm³/mol. The minimum Gasteiger partial charge on any atom is -0.478 e. The van der Waals surface area contributed by atoms with E-state index in [1.54, 1.807) is 30.2 Å². The maximum atomic E-state index is 12.3. The Bertz CT molecular complexity index is 465. The number of carbonyl (C=O) groups excluding carboxylic acids is 1. The molecule has 1 aromatic carbocycles. The number of methoxy groups -OCH3 is 1. The predicted octanol–water partition coefficient (Wildman–Crippen LogP) is 2.20. The molecule has 0 aliphatic carbocycles. The topological polar surface area (TPSA) is 66.8 Å². The van der Waals surface area contributed by atoms with Gasteiger partial charge in [0.2, 0.25) is 5.91 Å². The summed E-state index contributed by atoms with van der Waals surface area (Å²) in [5.41, 5.74) is 0.927. The van der Waals surface area contributed by atoms with Crippen LogP contribution in [-0.2, 0) is 16.0 Å². The van der Waals surface area contributed by atoms with Crippen molar-refractivity contribution in [3.63, 3.8) is 0 Å². The lowest BCUT2D eigenvalue weighted by Gasteiger charge is -2.22. The Labute approximate surface area is 125 Å². The molecule has 0 bridgehead atoms. The van der Waals surface area contributed by atoms with E-state index in [0.717, 1.165) is 18.4 Å². The molecule has 116 valence electrons. The van der Waals surface area contributed by atoms with Crippen molar-refractivity contribution in [1.82, 2.24) is 4.90 Å². The number of aromatic carboxylic acids is 1. The fourth-order valence-corrected chi connectivity index (χ4v) is 2.01. The van der Waals surface area contributed by atoms with E-state index in [4.69, 9.17) is 9.84 Å². The van der Waals surface area contributed by atoms with E-state index >= 15 is 0 Å². The van der Waals surface area contributed by atoms with Gasteiger partial charge in [0.25, 0.3) is 0 Å². The molecule has 0 saturated heterocycles. The van der Waals surface area contributed by atoms with Gasteiger partial charge in [-0.1, -0.05) is 25.5 Å². The third kappa shape index (κ3) is 5.95. The van der Waals surface area contributed by atoms with E-state index in [1.807, 2.05) is 0 Å².